The lowest BCUT2D eigenvalue weighted by Crippen LogP contribution is -2.52. The molecule has 0 saturated carbocycles. The zero-order chi connectivity index (χ0) is 12.3. The zero-order valence-electron chi connectivity index (χ0n) is 9.49. The van der Waals surface area contributed by atoms with E-state index in [0.29, 0.717) is 0 Å². The molecule has 0 bridgehead atoms. The Hall–Kier alpha value is -0.923. The minimum Gasteiger partial charge on any atom is -0.479 e. The highest BCUT2D eigenvalue weighted by atomic mass is 28.1. The predicted octanol–water partition coefficient (Wildman–Crippen LogP) is -0.875. The van der Waals surface area contributed by atoms with Crippen LogP contribution in [-0.4, -0.2) is 47.1 Å². The second-order valence-corrected chi connectivity index (χ2v) is 5.70. The number of aliphatic carboxylic acids is 1. The summed E-state index contributed by atoms with van der Waals surface area (Å²) >= 11 is 0. The van der Waals surface area contributed by atoms with E-state index in [9.17, 15) is 9.59 Å². The topological polar surface area (TPSA) is 82.1 Å². The molecule has 0 aromatic heterocycles. The number of ether oxygens (including phenoxy) is 1. The van der Waals surface area contributed by atoms with E-state index in [2.05, 4.69) is 9.78 Å². The van der Waals surface area contributed by atoms with Gasteiger partial charge in [0.05, 0.1) is 12.1 Å². The lowest BCUT2D eigenvalue weighted by Gasteiger charge is -2.36. The van der Waals surface area contributed by atoms with E-state index in [0.717, 1.165) is 0 Å². The van der Waals surface area contributed by atoms with Gasteiger partial charge in [-0.15, -0.1) is 0 Å². The minimum absolute atomic E-state index is 0.251. The number of carboxylic acid groups (broad SMARTS) is 1. The largest absolute Gasteiger partial charge is 0.479 e. The third-order valence-corrected chi connectivity index (χ3v) is 4.04. The van der Waals surface area contributed by atoms with Crippen LogP contribution in [0.5, 0.6) is 0 Å². The van der Waals surface area contributed by atoms with Crippen LogP contribution < -0.4 is 0 Å². The SMILES string of the molecule is COOC(=O)C(C)([SiH3])C(C)(OC)C(=O)O. The summed E-state index contributed by atoms with van der Waals surface area (Å²) < 4.78 is 4.91. The summed E-state index contributed by atoms with van der Waals surface area (Å²) in [5.41, 5.74) is -1.62. The molecule has 0 aliphatic carbocycles. The van der Waals surface area contributed by atoms with E-state index in [-0.39, 0.29) is 10.2 Å². The Morgan fingerprint density at radius 2 is 1.73 bits per heavy atom. The molecule has 0 rings (SSSR count). The van der Waals surface area contributed by atoms with Crippen LogP contribution in [0.25, 0.3) is 0 Å². The van der Waals surface area contributed by atoms with Crippen molar-refractivity contribution in [3.05, 3.63) is 0 Å². The van der Waals surface area contributed by atoms with Gasteiger partial charge in [-0.1, -0.05) is 0 Å². The summed E-state index contributed by atoms with van der Waals surface area (Å²) in [5.74, 6) is -1.96. The Labute approximate surface area is 90.9 Å². The molecule has 0 spiro atoms. The molecule has 0 amide bonds. The van der Waals surface area contributed by atoms with E-state index < -0.39 is 22.6 Å². The molecule has 0 saturated heterocycles. The van der Waals surface area contributed by atoms with E-state index in [1.807, 2.05) is 0 Å². The van der Waals surface area contributed by atoms with Crippen molar-refractivity contribution in [1.29, 1.82) is 0 Å². The molecule has 0 radical (unpaired) electrons. The number of rotatable bonds is 5. The average Bonchev–Trinajstić information content (AvgIpc) is 2.16. The Bertz CT molecular complexity index is 264. The van der Waals surface area contributed by atoms with E-state index >= 15 is 0 Å². The lowest BCUT2D eigenvalue weighted by molar-refractivity contribution is -0.262. The second-order valence-electron chi connectivity index (χ2n) is 3.70. The first kappa shape index (κ1) is 14.1. The fourth-order valence-electron chi connectivity index (χ4n) is 0.984. The van der Waals surface area contributed by atoms with Gasteiger partial charge in [-0.3, -0.25) is 4.89 Å². The molecule has 7 heteroatoms. The van der Waals surface area contributed by atoms with Gasteiger partial charge in [0.25, 0.3) is 0 Å². The number of carbonyl (C=O) groups excluding carboxylic acids is 1. The average molecular weight is 236 g/mol. The van der Waals surface area contributed by atoms with Crippen molar-refractivity contribution in [2.45, 2.75) is 24.5 Å². The highest BCUT2D eigenvalue weighted by molar-refractivity contribution is 6.29. The maximum absolute atomic E-state index is 11.5. The van der Waals surface area contributed by atoms with E-state index in [4.69, 9.17) is 9.84 Å². The summed E-state index contributed by atoms with van der Waals surface area (Å²) in [6.07, 6.45) is 0. The molecule has 0 aliphatic heterocycles. The van der Waals surface area contributed by atoms with Crippen molar-refractivity contribution in [1.82, 2.24) is 0 Å². The van der Waals surface area contributed by atoms with Crippen molar-refractivity contribution in [3.8, 4) is 0 Å². The van der Waals surface area contributed by atoms with Crippen LogP contribution in [0, 0.1) is 0 Å². The monoisotopic (exact) mass is 236 g/mol. The van der Waals surface area contributed by atoms with Crippen LogP contribution in [0.2, 0.25) is 5.04 Å². The molecule has 1 N–H and O–H groups in total. The number of hydrogen-bond acceptors (Lipinski definition) is 5. The standard InChI is InChI=1S/C8H16O6Si/c1-7(12-3,5(9)10)8(2,15)6(11)14-13-4/h1-4,15H3,(H,9,10). The number of methoxy groups -OCH3 is 1. The first-order valence-electron chi connectivity index (χ1n) is 4.27. The molecule has 0 heterocycles. The quantitative estimate of drug-likeness (QED) is 0.379. The fourth-order valence-corrected chi connectivity index (χ4v) is 1.49. The molecule has 0 fully saturated rings. The van der Waals surface area contributed by atoms with Gasteiger partial charge >= 0.3 is 11.9 Å². The molecular weight excluding hydrogens is 220 g/mol. The number of carbonyl (C=O) groups is 2. The van der Waals surface area contributed by atoms with Crippen molar-refractivity contribution in [3.63, 3.8) is 0 Å². The number of hydrogen-bond donors (Lipinski definition) is 1. The van der Waals surface area contributed by atoms with Gasteiger partial charge in [0.15, 0.2) is 5.60 Å². The highest BCUT2D eigenvalue weighted by Crippen LogP contribution is 2.39. The molecule has 6 nitrogen and oxygen atoms in total. The number of carboxylic acids is 1. The molecular formula is C8H16O6Si. The molecule has 0 aliphatic rings. The third-order valence-electron chi connectivity index (χ3n) is 2.68. The molecule has 0 aromatic carbocycles. The Kier molecular flexibility index (Phi) is 4.44. The van der Waals surface area contributed by atoms with Crippen molar-refractivity contribution < 1.29 is 29.2 Å². The summed E-state index contributed by atoms with van der Waals surface area (Å²) in [6.45, 7) is 2.80. The maximum Gasteiger partial charge on any atom is 0.347 e. The van der Waals surface area contributed by atoms with Crippen molar-refractivity contribution >= 4 is 22.2 Å². The first-order valence-corrected chi connectivity index (χ1v) is 5.27. The lowest BCUT2D eigenvalue weighted by atomic mass is 9.89. The summed E-state index contributed by atoms with van der Waals surface area (Å²) in [7, 11) is 2.67. The van der Waals surface area contributed by atoms with Crippen LogP contribution in [0.15, 0.2) is 0 Å². The summed E-state index contributed by atoms with van der Waals surface area (Å²) in [6, 6.07) is 0. The second kappa shape index (κ2) is 4.73. The molecule has 2 unspecified atom stereocenters. The van der Waals surface area contributed by atoms with Gasteiger partial charge < -0.3 is 9.84 Å². The normalized spacial score (nSPS) is 18.9. The van der Waals surface area contributed by atoms with Crippen molar-refractivity contribution in [2.24, 2.45) is 0 Å². The van der Waals surface area contributed by atoms with Gasteiger partial charge in [0, 0.05) is 17.4 Å². The molecule has 15 heavy (non-hydrogen) atoms. The van der Waals surface area contributed by atoms with Gasteiger partial charge in [0.2, 0.25) is 0 Å². The first-order chi connectivity index (χ1) is 6.74. The van der Waals surface area contributed by atoms with Crippen LogP contribution in [0.4, 0.5) is 0 Å². The summed E-state index contributed by atoms with van der Waals surface area (Å²) in [4.78, 5) is 31.2. The maximum atomic E-state index is 11.5. The van der Waals surface area contributed by atoms with Crippen LogP contribution in [0.1, 0.15) is 13.8 Å². The molecule has 88 valence electrons. The van der Waals surface area contributed by atoms with Gasteiger partial charge in [-0.05, 0) is 13.8 Å². The highest BCUT2D eigenvalue weighted by Gasteiger charge is 2.54. The smallest absolute Gasteiger partial charge is 0.347 e. The van der Waals surface area contributed by atoms with Crippen LogP contribution in [-0.2, 0) is 24.1 Å². The predicted molar refractivity (Wildman–Crippen MR) is 54.5 cm³/mol. The third kappa shape index (κ3) is 2.36. The van der Waals surface area contributed by atoms with Crippen LogP contribution in [0.3, 0.4) is 0 Å². The fraction of sp³-hybridized carbons (Fsp3) is 0.750. The Morgan fingerprint density at radius 1 is 1.27 bits per heavy atom. The summed E-state index contributed by atoms with van der Waals surface area (Å²) in [5, 5.41) is 7.80. The minimum atomic E-state index is -1.62. The van der Waals surface area contributed by atoms with Gasteiger partial charge in [-0.2, -0.15) is 4.89 Å². The van der Waals surface area contributed by atoms with Gasteiger partial charge in [-0.25, -0.2) is 9.59 Å². The van der Waals surface area contributed by atoms with E-state index in [1.54, 1.807) is 0 Å². The van der Waals surface area contributed by atoms with E-state index in [1.165, 1.54) is 28.1 Å². The zero-order valence-corrected chi connectivity index (χ0v) is 11.5. The molecule has 0 aromatic rings. The van der Waals surface area contributed by atoms with Crippen LogP contribution >= 0.6 is 0 Å². The molecule has 2 atom stereocenters. The Morgan fingerprint density at radius 3 is 2.00 bits per heavy atom. The Balaban J connectivity index is 5.13. The van der Waals surface area contributed by atoms with Gasteiger partial charge in [0.1, 0.15) is 0 Å². The van der Waals surface area contributed by atoms with Crippen molar-refractivity contribution in [2.75, 3.05) is 14.2 Å².